The molecular formula is C19H19N3O3S2. The molecule has 0 aliphatic heterocycles. The summed E-state index contributed by atoms with van der Waals surface area (Å²) in [7, 11) is 1.65. The van der Waals surface area contributed by atoms with E-state index in [9.17, 15) is 14.4 Å². The van der Waals surface area contributed by atoms with Gasteiger partial charge in [0.1, 0.15) is 4.83 Å². The Kier molecular flexibility index (Phi) is 5.76. The molecule has 1 amide bonds. The van der Waals surface area contributed by atoms with E-state index in [0.717, 1.165) is 10.4 Å². The van der Waals surface area contributed by atoms with Crippen molar-refractivity contribution in [3.05, 3.63) is 51.1 Å². The predicted octanol–water partition coefficient (Wildman–Crippen LogP) is 3.30. The van der Waals surface area contributed by atoms with Gasteiger partial charge in [0.2, 0.25) is 5.91 Å². The number of carbonyl (C=O) groups excluding carboxylic acids is 2. The first-order valence-electron chi connectivity index (χ1n) is 8.33. The van der Waals surface area contributed by atoms with Crippen LogP contribution in [-0.4, -0.2) is 27.0 Å². The highest BCUT2D eigenvalue weighted by molar-refractivity contribution is 7.99. The molecule has 2 heterocycles. The molecule has 0 atom stereocenters. The molecular weight excluding hydrogens is 382 g/mol. The lowest BCUT2D eigenvalue weighted by atomic mass is 10.2. The number of hydrogen-bond acceptors (Lipinski definition) is 6. The van der Waals surface area contributed by atoms with Crippen LogP contribution in [0.1, 0.15) is 16.9 Å². The van der Waals surface area contributed by atoms with Crippen molar-refractivity contribution in [1.82, 2.24) is 9.55 Å². The standard InChI is InChI=1S/C19H19N3O3S2/c1-11-12(2)27-17-16(11)18(25)22(3)19(21-17)26-10-14(23)9-15(24)20-13-7-5-4-6-8-13/h4-8H,9-10H2,1-3H3,(H,20,24). The molecule has 0 bridgehead atoms. The van der Waals surface area contributed by atoms with Crippen LogP contribution in [0.5, 0.6) is 0 Å². The number of ketones is 1. The molecule has 140 valence electrons. The van der Waals surface area contributed by atoms with Crippen molar-refractivity contribution >= 4 is 50.7 Å². The first-order chi connectivity index (χ1) is 12.9. The fourth-order valence-electron chi connectivity index (χ4n) is 2.59. The second-order valence-corrected chi connectivity index (χ2v) is 8.29. The van der Waals surface area contributed by atoms with Gasteiger partial charge in [0, 0.05) is 17.6 Å². The number of benzene rings is 1. The minimum atomic E-state index is -0.353. The summed E-state index contributed by atoms with van der Waals surface area (Å²) >= 11 is 2.65. The molecule has 6 nitrogen and oxygen atoms in total. The van der Waals surface area contributed by atoms with Crippen LogP contribution in [0, 0.1) is 13.8 Å². The zero-order valence-electron chi connectivity index (χ0n) is 15.2. The molecule has 0 aliphatic rings. The molecule has 1 N–H and O–H groups in total. The van der Waals surface area contributed by atoms with Crippen LogP contribution in [0.2, 0.25) is 0 Å². The van der Waals surface area contributed by atoms with E-state index in [2.05, 4.69) is 10.3 Å². The van der Waals surface area contributed by atoms with Crippen LogP contribution in [0.4, 0.5) is 5.69 Å². The van der Waals surface area contributed by atoms with Gasteiger partial charge in [0.25, 0.3) is 5.56 Å². The number of aromatic nitrogens is 2. The fraction of sp³-hybridized carbons (Fsp3) is 0.263. The number of amides is 1. The third-order valence-electron chi connectivity index (χ3n) is 4.15. The van der Waals surface area contributed by atoms with Crippen molar-refractivity contribution in [2.75, 3.05) is 11.1 Å². The van der Waals surface area contributed by atoms with Crippen molar-refractivity contribution in [2.24, 2.45) is 7.05 Å². The Morgan fingerprint density at radius 2 is 1.93 bits per heavy atom. The Hall–Kier alpha value is -2.45. The van der Waals surface area contributed by atoms with Crippen molar-refractivity contribution < 1.29 is 9.59 Å². The lowest BCUT2D eigenvalue weighted by molar-refractivity contribution is -0.123. The second-order valence-electron chi connectivity index (χ2n) is 6.14. The summed E-state index contributed by atoms with van der Waals surface area (Å²) in [6.45, 7) is 3.88. The highest BCUT2D eigenvalue weighted by atomic mass is 32.2. The van der Waals surface area contributed by atoms with E-state index in [4.69, 9.17) is 0 Å². The maximum atomic E-state index is 12.6. The van der Waals surface area contributed by atoms with E-state index in [1.54, 1.807) is 19.2 Å². The van der Waals surface area contributed by atoms with Gasteiger partial charge in [-0.05, 0) is 31.5 Å². The number of fused-ring (bicyclic) bond motifs is 1. The number of anilines is 1. The number of aryl methyl sites for hydroxylation is 2. The van der Waals surface area contributed by atoms with Crippen molar-refractivity contribution in [2.45, 2.75) is 25.4 Å². The maximum Gasteiger partial charge on any atom is 0.262 e. The van der Waals surface area contributed by atoms with Gasteiger partial charge < -0.3 is 5.32 Å². The largest absolute Gasteiger partial charge is 0.326 e. The van der Waals surface area contributed by atoms with Crippen LogP contribution in [0.15, 0.2) is 40.3 Å². The first kappa shape index (κ1) is 19.3. The zero-order chi connectivity index (χ0) is 19.6. The van der Waals surface area contributed by atoms with Crippen LogP contribution in [-0.2, 0) is 16.6 Å². The second kappa shape index (κ2) is 8.06. The number of carbonyl (C=O) groups is 2. The molecule has 27 heavy (non-hydrogen) atoms. The average Bonchev–Trinajstić information content (AvgIpc) is 2.91. The Bertz CT molecular complexity index is 1070. The number of thioether (sulfide) groups is 1. The Morgan fingerprint density at radius 3 is 2.63 bits per heavy atom. The molecule has 8 heteroatoms. The summed E-state index contributed by atoms with van der Waals surface area (Å²) in [5.74, 6) is -0.493. The fourth-order valence-corrected chi connectivity index (χ4v) is 4.49. The summed E-state index contributed by atoms with van der Waals surface area (Å²) in [4.78, 5) is 43.0. The number of rotatable bonds is 6. The van der Waals surface area contributed by atoms with Crippen LogP contribution in [0.25, 0.3) is 10.2 Å². The molecule has 0 saturated carbocycles. The summed E-state index contributed by atoms with van der Waals surface area (Å²) in [6, 6.07) is 8.99. The minimum absolute atomic E-state index is 0.0807. The van der Waals surface area contributed by atoms with E-state index in [-0.39, 0.29) is 29.4 Å². The number of hydrogen-bond donors (Lipinski definition) is 1. The molecule has 0 aliphatic carbocycles. The number of Topliss-reactive ketones (excluding diaryl/α,β-unsaturated/α-hetero) is 1. The van der Waals surface area contributed by atoms with Gasteiger partial charge >= 0.3 is 0 Å². The van der Waals surface area contributed by atoms with Gasteiger partial charge in [-0.3, -0.25) is 19.0 Å². The molecule has 3 rings (SSSR count). The molecule has 2 aromatic heterocycles. The highest BCUT2D eigenvalue weighted by Gasteiger charge is 2.16. The SMILES string of the molecule is Cc1sc2nc(SCC(=O)CC(=O)Nc3ccccc3)n(C)c(=O)c2c1C. The monoisotopic (exact) mass is 401 g/mol. The van der Waals surface area contributed by atoms with Gasteiger partial charge in [-0.2, -0.15) is 0 Å². The molecule has 0 unspecified atom stereocenters. The van der Waals surface area contributed by atoms with Crippen LogP contribution >= 0.6 is 23.1 Å². The Labute approximate surface area is 164 Å². The Morgan fingerprint density at radius 1 is 1.22 bits per heavy atom. The number of nitrogens with one attached hydrogen (secondary N) is 1. The number of nitrogens with zero attached hydrogens (tertiary/aromatic N) is 2. The van der Waals surface area contributed by atoms with Gasteiger partial charge in [0.05, 0.1) is 17.6 Å². The topological polar surface area (TPSA) is 81.1 Å². The van der Waals surface area contributed by atoms with Crippen molar-refractivity contribution in [1.29, 1.82) is 0 Å². The van der Waals surface area contributed by atoms with E-state index in [1.165, 1.54) is 27.7 Å². The van der Waals surface area contributed by atoms with Crippen molar-refractivity contribution in [3.8, 4) is 0 Å². The first-order valence-corrected chi connectivity index (χ1v) is 10.1. The quantitative estimate of drug-likeness (QED) is 0.389. The molecule has 0 saturated heterocycles. The normalized spacial score (nSPS) is 10.9. The highest BCUT2D eigenvalue weighted by Crippen LogP contribution is 2.28. The van der Waals surface area contributed by atoms with Gasteiger partial charge in [0.15, 0.2) is 10.9 Å². The Balaban J connectivity index is 1.66. The molecule has 0 fully saturated rings. The summed E-state index contributed by atoms with van der Waals surface area (Å²) < 4.78 is 1.46. The third kappa shape index (κ3) is 4.28. The van der Waals surface area contributed by atoms with Gasteiger partial charge in [-0.25, -0.2) is 4.98 Å². The maximum absolute atomic E-state index is 12.6. The lowest BCUT2D eigenvalue weighted by Gasteiger charge is -2.07. The lowest BCUT2D eigenvalue weighted by Crippen LogP contribution is -2.21. The summed E-state index contributed by atoms with van der Waals surface area (Å²) in [5, 5.41) is 3.80. The van der Waals surface area contributed by atoms with E-state index >= 15 is 0 Å². The van der Waals surface area contributed by atoms with Crippen LogP contribution in [0.3, 0.4) is 0 Å². The summed E-state index contributed by atoms with van der Waals surface area (Å²) in [6.07, 6.45) is -0.213. The number of para-hydroxylation sites is 1. The summed E-state index contributed by atoms with van der Waals surface area (Å²) in [5.41, 5.74) is 1.49. The minimum Gasteiger partial charge on any atom is -0.326 e. The number of thiophene rings is 1. The third-order valence-corrected chi connectivity index (χ3v) is 6.34. The molecule has 1 aromatic carbocycles. The van der Waals surface area contributed by atoms with E-state index in [0.29, 0.717) is 21.1 Å². The average molecular weight is 402 g/mol. The van der Waals surface area contributed by atoms with Crippen LogP contribution < -0.4 is 10.9 Å². The zero-order valence-corrected chi connectivity index (χ0v) is 16.9. The van der Waals surface area contributed by atoms with E-state index < -0.39 is 0 Å². The van der Waals surface area contributed by atoms with Crippen molar-refractivity contribution in [3.63, 3.8) is 0 Å². The molecule has 0 spiro atoms. The predicted molar refractivity (Wildman–Crippen MR) is 110 cm³/mol. The molecule has 0 radical (unpaired) electrons. The molecule has 3 aromatic rings. The smallest absolute Gasteiger partial charge is 0.262 e. The van der Waals surface area contributed by atoms with Gasteiger partial charge in [-0.1, -0.05) is 30.0 Å². The van der Waals surface area contributed by atoms with Gasteiger partial charge in [-0.15, -0.1) is 11.3 Å². The van der Waals surface area contributed by atoms with E-state index in [1.807, 2.05) is 32.0 Å².